The highest BCUT2D eigenvalue weighted by Gasteiger charge is 2.19. The van der Waals surface area contributed by atoms with Crippen LogP contribution in [0.1, 0.15) is 37.9 Å². The highest BCUT2D eigenvalue weighted by atomic mass is 35.5. The van der Waals surface area contributed by atoms with Gasteiger partial charge in [-0.25, -0.2) is 13.8 Å². The lowest BCUT2D eigenvalue weighted by Crippen LogP contribution is -2.15. The number of hydrogen-bond acceptors (Lipinski definition) is 1. The molecule has 1 aliphatic rings. The Morgan fingerprint density at radius 3 is 2.65 bits per heavy atom. The Hall–Kier alpha value is -1.16. The third-order valence-electron chi connectivity index (χ3n) is 4.14. The van der Waals surface area contributed by atoms with Gasteiger partial charge in [0.2, 0.25) is 0 Å². The van der Waals surface area contributed by atoms with Crippen LogP contribution in [0.4, 0.5) is 8.78 Å². The largest absolute Gasteiger partial charge is 0.327 e. The zero-order chi connectivity index (χ0) is 14.1. The van der Waals surface area contributed by atoms with Crippen molar-refractivity contribution in [3.63, 3.8) is 0 Å². The van der Waals surface area contributed by atoms with Gasteiger partial charge in [0.1, 0.15) is 17.2 Å². The van der Waals surface area contributed by atoms with Gasteiger partial charge in [0.25, 0.3) is 0 Å². The monoisotopic (exact) mass is 298 g/mol. The minimum absolute atomic E-state index is 0.211. The first kappa shape index (κ1) is 13.8. The number of imidazole rings is 1. The third-order valence-corrected chi connectivity index (χ3v) is 4.38. The Morgan fingerprint density at radius 2 is 1.95 bits per heavy atom. The molecule has 0 amide bonds. The summed E-state index contributed by atoms with van der Waals surface area (Å²) in [6.45, 7) is 0.751. The molecule has 1 saturated carbocycles. The maximum Gasteiger partial charge on any atom is 0.153 e. The fourth-order valence-electron chi connectivity index (χ4n) is 3.13. The fourth-order valence-corrected chi connectivity index (χ4v) is 3.33. The van der Waals surface area contributed by atoms with E-state index >= 15 is 0 Å². The van der Waals surface area contributed by atoms with Crippen molar-refractivity contribution < 1.29 is 8.78 Å². The molecule has 20 heavy (non-hydrogen) atoms. The van der Waals surface area contributed by atoms with Crippen molar-refractivity contribution in [1.82, 2.24) is 9.55 Å². The maximum absolute atomic E-state index is 13.8. The van der Waals surface area contributed by atoms with Crippen molar-refractivity contribution in [3.8, 4) is 0 Å². The number of hydrogen-bond donors (Lipinski definition) is 0. The summed E-state index contributed by atoms with van der Waals surface area (Å²) in [4.78, 5) is 4.23. The number of rotatable bonds is 3. The summed E-state index contributed by atoms with van der Waals surface area (Å²) >= 11 is 5.91. The zero-order valence-corrected chi connectivity index (χ0v) is 12.0. The van der Waals surface area contributed by atoms with E-state index in [-0.39, 0.29) is 11.4 Å². The molecule has 2 aromatic rings. The van der Waals surface area contributed by atoms with Crippen LogP contribution in [0.25, 0.3) is 11.0 Å². The number of halogens is 3. The van der Waals surface area contributed by atoms with Crippen LogP contribution in [0.2, 0.25) is 0 Å². The smallest absolute Gasteiger partial charge is 0.153 e. The average Bonchev–Trinajstić information content (AvgIpc) is 2.78. The van der Waals surface area contributed by atoms with E-state index in [0.29, 0.717) is 17.3 Å². The normalized spacial score (nSPS) is 16.9. The number of alkyl halides is 1. The van der Waals surface area contributed by atoms with Gasteiger partial charge in [-0.05, 0) is 24.8 Å². The molecule has 0 radical (unpaired) electrons. The lowest BCUT2D eigenvalue weighted by atomic mass is 9.89. The molecule has 0 bridgehead atoms. The van der Waals surface area contributed by atoms with Crippen molar-refractivity contribution in [2.24, 2.45) is 5.92 Å². The quantitative estimate of drug-likeness (QED) is 0.755. The Bertz CT molecular complexity index is 618. The van der Waals surface area contributed by atoms with Crippen molar-refractivity contribution in [2.45, 2.75) is 44.5 Å². The summed E-state index contributed by atoms with van der Waals surface area (Å²) < 4.78 is 29.1. The molecule has 2 nitrogen and oxygen atoms in total. The molecule has 3 rings (SSSR count). The van der Waals surface area contributed by atoms with Gasteiger partial charge in [0, 0.05) is 12.6 Å². The van der Waals surface area contributed by atoms with Gasteiger partial charge in [-0.15, -0.1) is 11.6 Å². The van der Waals surface area contributed by atoms with Crippen LogP contribution in [0.5, 0.6) is 0 Å². The van der Waals surface area contributed by atoms with Crippen LogP contribution in [-0.2, 0) is 12.4 Å². The van der Waals surface area contributed by atoms with Crippen LogP contribution < -0.4 is 0 Å². The van der Waals surface area contributed by atoms with Crippen molar-refractivity contribution in [3.05, 3.63) is 29.6 Å². The second-order valence-corrected chi connectivity index (χ2v) is 5.80. The van der Waals surface area contributed by atoms with Crippen LogP contribution >= 0.6 is 11.6 Å². The topological polar surface area (TPSA) is 17.8 Å². The van der Waals surface area contributed by atoms with Gasteiger partial charge >= 0.3 is 0 Å². The highest BCUT2D eigenvalue weighted by Crippen LogP contribution is 2.28. The minimum atomic E-state index is -0.617. The Morgan fingerprint density at radius 1 is 1.20 bits per heavy atom. The molecule has 0 unspecified atom stereocenters. The van der Waals surface area contributed by atoms with E-state index in [2.05, 4.69) is 4.98 Å². The molecule has 1 aromatic carbocycles. The molecule has 1 aliphatic carbocycles. The zero-order valence-electron chi connectivity index (χ0n) is 11.2. The lowest BCUT2D eigenvalue weighted by molar-refractivity contribution is 0.320. The van der Waals surface area contributed by atoms with E-state index < -0.39 is 11.6 Å². The Kier molecular flexibility index (Phi) is 3.92. The summed E-state index contributed by atoms with van der Waals surface area (Å²) in [5.74, 6) is 0.198. The fraction of sp³-hybridized carbons (Fsp3) is 0.533. The van der Waals surface area contributed by atoms with E-state index in [1.165, 1.54) is 38.2 Å². The van der Waals surface area contributed by atoms with Gasteiger partial charge in [-0.2, -0.15) is 0 Å². The highest BCUT2D eigenvalue weighted by molar-refractivity contribution is 6.16. The van der Waals surface area contributed by atoms with Gasteiger partial charge in [0.05, 0.1) is 11.4 Å². The van der Waals surface area contributed by atoms with Gasteiger partial charge in [-0.3, -0.25) is 0 Å². The first-order valence-electron chi connectivity index (χ1n) is 7.09. The molecule has 1 aromatic heterocycles. The molecule has 0 saturated heterocycles. The lowest BCUT2D eigenvalue weighted by Gasteiger charge is -2.23. The van der Waals surface area contributed by atoms with E-state index in [0.717, 1.165) is 12.6 Å². The Balaban J connectivity index is 2.02. The molecule has 0 N–H and O–H groups in total. The van der Waals surface area contributed by atoms with E-state index in [1.807, 2.05) is 4.57 Å². The van der Waals surface area contributed by atoms with Crippen LogP contribution in [0, 0.1) is 17.6 Å². The first-order chi connectivity index (χ1) is 9.69. The second-order valence-electron chi connectivity index (χ2n) is 5.53. The summed E-state index contributed by atoms with van der Waals surface area (Å²) in [6.07, 6.45) is 6.08. The number of nitrogens with zero attached hydrogens (tertiary/aromatic N) is 2. The third kappa shape index (κ3) is 2.53. The minimum Gasteiger partial charge on any atom is -0.327 e. The summed E-state index contributed by atoms with van der Waals surface area (Å²) in [5.41, 5.74) is 0.738. The van der Waals surface area contributed by atoms with E-state index in [1.54, 1.807) is 0 Å². The molecular weight excluding hydrogens is 282 g/mol. The van der Waals surface area contributed by atoms with Crippen molar-refractivity contribution in [2.75, 3.05) is 0 Å². The second kappa shape index (κ2) is 5.68. The number of aromatic nitrogens is 2. The van der Waals surface area contributed by atoms with Gasteiger partial charge < -0.3 is 4.57 Å². The predicted molar refractivity (Wildman–Crippen MR) is 75.8 cm³/mol. The summed E-state index contributed by atoms with van der Waals surface area (Å²) in [7, 11) is 0. The van der Waals surface area contributed by atoms with Crippen LogP contribution in [-0.4, -0.2) is 9.55 Å². The number of benzene rings is 1. The van der Waals surface area contributed by atoms with E-state index in [9.17, 15) is 8.78 Å². The average molecular weight is 299 g/mol. The predicted octanol–water partition coefficient (Wildman–Crippen LogP) is 4.63. The molecule has 1 fully saturated rings. The van der Waals surface area contributed by atoms with Gasteiger partial charge in [0.15, 0.2) is 5.82 Å². The first-order valence-corrected chi connectivity index (χ1v) is 7.62. The molecule has 0 spiro atoms. The standard InChI is InChI=1S/C15H17ClF2N2/c16-8-14-19-15-12(18)6-11(17)7-13(15)20(14)9-10-4-2-1-3-5-10/h6-7,10H,1-5,8-9H2. The molecular formula is C15H17ClF2N2. The molecule has 0 atom stereocenters. The number of fused-ring (bicyclic) bond motifs is 1. The van der Waals surface area contributed by atoms with E-state index in [4.69, 9.17) is 11.6 Å². The molecule has 1 heterocycles. The van der Waals surface area contributed by atoms with Crippen molar-refractivity contribution >= 4 is 22.6 Å². The molecule has 5 heteroatoms. The summed E-state index contributed by atoms with van der Waals surface area (Å²) in [5, 5.41) is 0. The molecule has 0 aliphatic heterocycles. The maximum atomic E-state index is 13.8. The van der Waals surface area contributed by atoms with Crippen molar-refractivity contribution in [1.29, 1.82) is 0 Å². The van der Waals surface area contributed by atoms with Crippen LogP contribution in [0.15, 0.2) is 12.1 Å². The van der Waals surface area contributed by atoms with Crippen LogP contribution in [0.3, 0.4) is 0 Å². The van der Waals surface area contributed by atoms with Gasteiger partial charge in [-0.1, -0.05) is 19.3 Å². The SMILES string of the molecule is Fc1cc(F)c2nc(CCl)n(CC3CCCCC3)c2c1. The summed E-state index contributed by atoms with van der Waals surface area (Å²) in [6, 6.07) is 2.22. The Labute approximate surface area is 121 Å². The molecule has 108 valence electrons.